The van der Waals surface area contributed by atoms with Crippen LogP contribution in [0.2, 0.25) is 0 Å². The molecular weight excluding hydrogens is 324 g/mol. The molecule has 0 aromatic rings. The van der Waals surface area contributed by atoms with Crippen molar-refractivity contribution in [3.63, 3.8) is 0 Å². The third-order valence-corrected chi connectivity index (χ3v) is 6.31. The fourth-order valence-electron chi connectivity index (χ4n) is 5.41. The van der Waals surface area contributed by atoms with E-state index >= 15 is 0 Å². The molecular formula is C18H26N2O5. The van der Waals surface area contributed by atoms with Crippen LogP contribution in [0.1, 0.15) is 59.3 Å². The SMILES string of the molecule is COC(=O)C12CC(NC(=O)C34CC(NC(=O)OC(C)(C)C)(C3)C4)(C1)C2. The number of hydrogen-bond acceptors (Lipinski definition) is 5. The van der Waals surface area contributed by atoms with Gasteiger partial charge >= 0.3 is 12.1 Å². The molecule has 0 atom stereocenters. The fraction of sp³-hybridized carbons (Fsp3) is 0.833. The lowest BCUT2D eigenvalue weighted by atomic mass is 9.37. The van der Waals surface area contributed by atoms with Gasteiger partial charge in [-0.25, -0.2) is 4.79 Å². The minimum absolute atomic E-state index is 0.0681. The van der Waals surface area contributed by atoms with Crippen LogP contribution in [-0.2, 0) is 19.1 Å². The van der Waals surface area contributed by atoms with Crippen molar-refractivity contribution in [3.05, 3.63) is 0 Å². The van der Waals surface area contributed by atoms with Crippen LogP contribution in [0.15, 0.2) is 0 Å². The quantitative estimate of drug-likeness (QED) is 0.752. The normalized spacial score (nSPS) is 42.6. The molecule has 0 radical (unpaired) electrons. The molecule has 0 spiro atoms. The molecule has 0 aromatic heterocycles. The first kappa shape index (κ1) is 16.7. The molecule has 7 heteroatoms. The number of alkyl carbamates (subject to hydrolysis) is 1. The van der Waals surface area contributed by atoms with Gasteiger partial charge in [0.05, 0.1) is 17.9 Å². The van der Waals surface area contributed by atoms with Crippen LogP contribution in [0, 0.1) is 10.8 Å². The summed E-state index contributed by atoms with van der Waals surface area (Å²) >= 11 is 0. The minimum atomic E-state index is -0.525. The first-order valence-corrected chi connectivity index (χ1v) is 8.88. The van der Waals surface area contributed by atoms with Crippen molar-refractivity contribution in [1.29, 1.82) is 0 Å². The molecule has 6 rings (SSSR count). The molecule has 0 aromatic carbocycles. The molecule has 6 saturated carbocycles. The van der Waals surface area contributed by atoms with Gasteiger partial charge in [0.25, 0.3) is 0 Å². The minimum Gasteiger partial charge on any atom is -0.469 e. The monoisotopic (exact) mass is 350 g/mol. The zero-order chi connectivity index (χ0) is 18.3. The summed E-state index contributed by atoms with van der Waals surface area (Å²) in [5.41, 5.74) is -1.69. The van der Waals surface area contributed by atoms with Gasteiger partial charge in [0.15, 0.2) is 0 Å². The van der Waals surface area contributed by atoms with Crippen molar-refractivity contribution in [2.45, 2.75) is 76.0 Å². The lowest BCUT2D eigenvalue weighted by Gasteiger charge is -2.72. The second-order valence-electron chi connectivity index (χ2n) is 9.75. The van der Waals surface area contributed by atoms with Crippen LogP contribution in [0.25, 0.3) is 0 Å². The van der Waals surface area contributed by atoms with Gasteiger partial charge in [0, 0.05) is 11.1 Å². The summed E-state index contributed by atoms with van der Waals surface area (Å²) in [5, 5.41) is 6.08. The van der Waals surface area contributed by atoms with Gasteiger partial charge in [-0.2, -0.15) is 0 Å². The molecule has 4 bridgehead atoms. The van der Waals surface area contributed by atoms with E-state index in [2.05, 4.69) is 10.6 Å². The Hall–Kier alpha value is -1.79. The van der Waals surface area contributed by atoms with E-state index < -0.39 is 11.7 Å². The molecule has 0 heterocycles. The maximum Gasteiger partial charge on any atom is 0.408 e. The maximum atomic E-state index is 12.6. The molecule has 6 fully saturated rings. The van der Waals surface area contributed by atoms with Crippen molar-refractivity contribution >= 4 is 18.0 Å². The van der Waals surface area contributed by atoms with E-state index in [-0.39, 0.29) is 33.8 Å². The maximum absolute atomic E-state index is 12.6. The second kappa shape index (κ2) is 4.48. The van der Waals surface area contributed by atoms with Gasteiger partial charge < -0.3 is 20.1 Å². The molecule has 2 N–H and O–H groups in total. The number of amides is 2. The van der Waals surface area contributed by atoms with Crippen LogP contribution < -0.4 is 10.6 Å². The van der Waals surface area contributed by atoms with Crippen LogP contribution in [0.5, 0.6) is 0 Å². The van der Waals surface area contributed by atoms with E-state index in [0.717, 1.165) is 0 Å². The highest BCUT2D eigenvalue weighted by Crippen LogP contribution is 2.70. The summed E-state index contributed by atoms with van der Waals surface area (Å²) < 4.78 is 10.1. The summed E-state index contributed by atoms with van der Waals surface area (Å²) in [6, 6.07) is 0. The Morgan fingerprint density at radius 1 is 0.840 bits per heavy atom. The lowest BCUT2D eigenvalue weighted by Crippen LogP contribution is -2.83. The number of nitrogens with one attached hydrogen (secondary N) is 2. The van der Waals surface area contributed by atoms with Crippen LogP contribution in [0.4, 0.5) is 4.79 Å². The van der Waals surface area contributed by atoms with Crippen molar-refractivity contribution in [3.8, 4) is 0 Å². The standard InChI is InChI=1S/C18H26N2O5/c1-14(2,3)25-13(23)20-18-5-15(6-18,7-18)11(21)19-17-8-16(9-17,10-17)12(22)24-4/h5-10H2,1-4H3,(H,19,21)(H,20,23). The van der Waals surface area contributed by atoms with Crippen molar-refractivity contribution in [2.24, 2.45) is 10.8 Å². The van der Waals surface area contributed by atoms with E-state index in [9.17, 15) is 14.4 Å². The van der Waals surface area contributed by atoms with Gasteiger partial charge in [-0.15, -0.1) is 0 Å². The summed E-state index contributed by atoms with van der Waals surface area (Å²) in [6.45, 7) is 5.48. The largest absolute Gasteiger partial charge is 0.469 e. The van der Waals surface area contributed by atoms with Crippen molar-refractivity contribution in [2.75, 3.05) is 7.11 Å². The van der Waals surface area contributed by atoms with Gasteiger partial charge in [-0.1, -0.05) is 0 Å². The molecule has 2 amide bonds. The predicted molar refractivity (Wildman–Crippen MR) is 87.6 cm³/mol. The number of hydrogen-bond donors (Lipinski definition) is 2. The van der Waals surface area contributed by atoms with Crippen LogP contribution in [-0.4, -0.2) is 41.8 Å². The summed E-state index contributed by atoms with van der Waals surface area (Å²) in [4.78, 5) is 36.3. The topological polar surface area (TPSA) is 93.7 Å². The Labute approximate surface area is 147 Å². The summed E-state index contributed by atoms with van der Waals surface area (Å²) in [6.07, 6.45) is 3.66. The zero-order valence-electron chi connectivity index (χ0n) is 15.3. The highest BCUT2D eigenvalue weighted by atomic mass is 16.6. The number of carbonyl (C=O) groups excluding carboxylic acids is 3. The van der Waals surface area contributed by atoms with E-state index in [1.54, 1.807) is 0 Å². The molecule has 6 aliphatic rings. The Kier molecular flexibility index (Phi) is 2.99. The van der Waals surface area contributed by atoms with Gasteiger partial charge in [-0.3, -0.25) is 9.59 Å². The molecule has 7 nitrogen and oxygen atoms in total. The molecule has 138 valence electrons. The summed E-state index contributed by atoms with van der Waals surface area (Å²) in [7, 11) is 1.41. The Bertz CT molecular complexity index is 638. The van der Waals surface area contributed by atoms with Gasteiger partial charge in [0.1, 0.15) is 5.60 Å². The number of esters is 1. The molecule has 6 aliphatic carbocycles. The smallest absolute Gasteiger partial charge is 0.408 e. The molecule has 0 aliphatic heterocycles. The Balaban J connectivity index is 1.25. The zero-order valence-corrected chi connectivity index (χ0v) is 15.3. The van der Waals surface area contributed by atoms with E-state index in [0.29, 0.717) is 38.5 Å². The highest BCUT2D eigenvalue weighted by Gasteiger charge is 2.76. The number of ether oxygens (including phenoxy) is 2. The predicted octanol–water partition coefficient (Wildman–Crippen LogP) is 1.65. The average Bonchev–Trinajstić information content (AvgIpc) is 2.31. The van der Waals surface area contributed by atoms with E-state index in [4.69, 9.17) is 9.47 Å². The second-order valence-corrected chi connectivity index (χ2v) is 9.75. The fourth-order valence-corrected chi connectivity index (χ4v) is 5.41. The lowest BCUT2D eigenvalue weighted by molar-refractivity contribution is -0.212. The number of carbonyl (C=O) groups is 3. The van der Waals surface area contributed by atoms with Crippen molar-refractivity contribution < 1.29 is 23.9 Å². The first-order chi connectivity index (χ1) is 11.5. The van der Waals surface area contributed by atoms with E-state index in [1.165, 1.54) is 7.11 Å². The molecule has 0 saturated heterocycles. The van der Waals surface area contributed by atoms with Crippen LogP contribution in [0.3, 0.4) is 0 Å². The molecule has 0 unspecified atom stereocenters. The molecule has 25 heavy (non-hydrogen) atoms. The van der Waals surface area contributed by atoms with Crippen molar-refractivity contribution in [1.82, 2.24) is 10.6 Å². The Morgan fingerprint density at radius 3 is 1.80 bits per heavy atom. The highest BCUT2D eigenvalue weighted by molar-refractivity contribution is 5.90. The van der Waals surface area contributed by atoms with Gasteiger partial charge in [0.2, 0.25) is 5.91 Å². The van der Waals surface area contributed by atoms with Crippen LogP contribution >= 0.6 is 0 Å². The Morgan fingerprint density at radius 2 is 1.32 bits per heavy atom. The first-order valence-electron chi connectivity index (χ1n) is 8.88. The third-order valence-electron chi connectivity index (χ3n) is 6.31. The summed E-state index contributed by atoms with van der Waals surface area (Å²) in [5.74, 6) is -0.0896. The number of rotatable bonds is 4. The number of methoxy groups -OCH3 is 1. The third kappa shape index (κ3) is 2.27. The average molecular weight is 350 g/mol. The van der Waals surface area contributed by atoms with Gasteiger partial charge in [-0.05, 0) is 59.3 Å². The van der Waals surface area contributed by atoms with E-state index in [1.807, 2.05) is 20.8 Å².